The zero-order valence-corrected chi connectivity index (χ0v) is 14.1. The van der Waals surface area contributed by atoms with Gasteiger partial charge in [0.1, 0.15) is 12.7 Å². The van der Waals surface area contributed by atoms with Crippen molar-refractivity contribution in [2.24, 2.45) is 0 Å². The minimum absolute atomic E-state index is 0.0246. The maximum atomic E-state index is 13.7. The number of carbonyl (C=O) groups is 1. The number of benzene rings is 1. The highest BCUT2D eigenvalue weighted by atomic mass is 19.3. The molecule has 138 valence electrons. The largest absolute Gasteiger partial charge is 0.445 e. The van der Waals surface area contributed by atoms with Crippen molar-refractivity contribution in [1.82, 2.24) is 9.80 Å². The van der Waals surface area contributed by atoms with E-state index in [1.165, 1.54) is 0 Å². The van der Waals surface area contributed by atoms with Crippen LogP contribution >= 0.6 is 0 Å². The van der Waals surface area contributed by atoms with Gasteiger partial charge in [0.15, 0.2) is 0 Å². The van der Waals surface area contributed by atoms with E-state index < -0.39 is 18.6 Å². The molecule has 1 aromatic rings. The molecule has 2 fully saturated rings. The third-order valence-corrected chi connectivity index (χ3v) is 5.04. The van der Waals surface area contributed by atoms with Crippen LogP contribution in [-0.4, -0.2) is 65.2 Å². The van der Waals surface area contributed by atoms with Gasteiger partial charge in [0.2, 0.25) is 0 Å². The molecule has 1 N–H and O–H groups in total. The lowest BCUT2D eigenvalue weighted by Crippen LogP contribution is -2.56. The van der Waals surface area contributed by atoms with Crippen LogP contribution in [0, 0.1) is 0 Å². The van der Waals surface area contributed by atoms with Gasteiger partial charge in [-0.05, 0) is 24.8 Å². The second kappa shape index (κ2) is 7.66. The van der Waals surface area contributed by atoms with Crippen molar-refractivity contribution >= 4 is 6.09 Å². The van der Waals surface area contributed by atoms with Gasteiger partial charge in [-0.15, -0.1) is 0 Å². The number of aliphatic hydroxyl groups is 1. The van der Waals surface area contributed by atoms with Crippen LogP contribution in [0.4, 0.5) is 13.6 Å². The standard InChI is InChI=1S/C18H24F2N2O3/c19-18(20)13-22(11-8-16(18)23)15-6-9-21(10-7-15)17(24)25-12-14-4-2-1-3-5-14/h1-5,15-16,23H,6-13H2. The van der Waals surface area contributed by atoms with E-state index in [2.05, 4.69) is 0 Å². The molecular formula is C18H24F2N2O3. The van der Waals surface area contributed by atoms with Gasteiger partial charge in [0.25, 0.3) is 5.92 Å². The van der Waals surface area contributed by atoms with E-state index in [-0.39, 0.29) is 25.2 Å². The Morgan fingerprint density at radius 2 is 1.84 bits per heavy atom. The summed E-state index contributed by atoms with van der Waals surface area (Å²) in [7, 11) is 0. The van der Waals surface area contributed by atoms with Gasteiger partial charge in [-0.2, -0.15) is 0 Å². The van der Waals surface area contributed by atoms with Crippen LogP contribution in [-0.2, 0) is 11.3 Å². The Morgan fingerprint density at radius 3 is 2.48 bits per heavy atom. The number of amides is 1. The van der Waals surface area contributed by atoms with Crippen molar-refractivity contribution in [2.45, 2.75) is 43.9 Å². The maximum Gasteiger partial charge on any atom is 0.410 e. The molecule has 7 heteroatoms. The molecule has 5 nitrogen and oxygen atoms in total. The smallest absolute Gasteiger partial charge is 0.410 e. The first-order valence-electron chi connectivity index (χ1n) is 8.71. The molecule has 0 radical (unpaired) electrons. The summed E-state index contributed by atoms with van der Waals surface area (Å²) in [5.74, 6) is -3.05. The molecule has 1 atom stereocenters. The molecule has 2 aliphatic rings. The zero-order valence-electron chi connectivity index (χ0n) is 14.1. The second-order valence-electron chi connectivity index (χ2n) is 6.79. The highest BCUT2D eigenvalue weighted by Crippen LogP contribution is 2.30. The van der Waals surface area contributed by atoms with Crippen LogP contribution in [0.2, 0.25) is 0 Å². The summed E-state index contributed by atoms with van der Waals surface area (Å²) in [5.41, 5.74) is 0.930. The van der Waals surface area contributed by atoms with Crippen LogP contribution in [0.3, 0.4) is 0 Å². The molecule has 3 rings (SSSR count). The summed E-state index contributed by atoms with van der Waals surface area (Å²) in [5, 5.41) is 9.37. The molecular weight excluding hydrogens is 330 g/mol. The summed E-state index contributed by atoms with van der Waals surface area (Å²) in [6.45, 7) is 1.30. The third kappa shape index (κ3) is 4.46. The number of hydrogen-bond donors (Lipinski definition) is 1. The molecule has 1 aromatic carbocycles. The Balaban J connectivity index is 1.44. The second-order valence-corrected chi connectivity index (χ2v) is 6.79. The van der Waals surface area contributed by atoms with Crippen LogP contribution in [0.25, 0.3) is 0 Å². The molecule has 0 bridgehead atoms. The van der Waals surface area contributed by atoms with Crippen LogP contribution in [0.15, 0.2) is 30.3 Å². The molecule has 0 aliphatic carbocycles. The number of carbonyl (C=O) groups excluding carboxylic acids is 1. The maximum absolute atomic E-state index is 13.7. The fourth-order valence-electron chi connectivity index (χ4n) is 3.49. The predicted octanol–water partition coefficient (Wildman–Crippen LogP) is 2.49. The van der Waals surface area contributed by atoms with Crippen LogP contribution in [0.5, 0.6) is 0 Å². The van der Waals surface area contributed by atoms with Crippen molar-refractivity contribution < 1.29 is 23.4 Å². The van der Waals surface area contributed by atoms with Gasteiger partial charge in [-0.3, -0.25) is 4.90 Å². The molecule has 1 unspecified atom stereocenters. The first kappa shape index (κ1) is 18.1. The lowest BCUT2D eigenvalue weighted by molar-refractivity contribution is -0.158. The van der Waals surface area contributed by atoms with E-state index in [1.54, 1.807) is 9.80 Å². The van der Waals surface area contributed by atoms with E-state index in [4.69, 9.17) is 4.74 Å². The average Bonchev–Trinajstić information content (AvgIpc) is 2.63. The molecule has 0 aromatic heterocycles. The normalized spacial score (nSPS) is 24.9. The van der Waals surface area contributed by atoms with E-state index in [0.29, 0.717) is 32.5 Å². The van der Waals surface area contributed by atoms with Gasteiger partial charge in [0, 0.05) is 25.7 Å². The van der Waals surface area contributed by atoms with Gasteiger partial charge in [-0.25, -0.2) is 13.6 Å². The molecule has 0 saturated carbocycles. The Hall–Kier alpha value is -1.73. The summed E-state index contributed by atoms with van der Waals surface area (Å²) < 4.78 is 32.7. The fourth-order valence-corrected chi connectivity index (χ4v) is 3.49. The average molecular weight is 354 g/mol. The number of piperidine rings is 2. The lowest BCUT2D eigenvalue weighted by atomic mass is 9.97. The molecule has 2 saturated heterocycles. The highest BCUT2D eigenvalue weighted by Gasteiger charge is 2.45. The number of aliphatic hydroxyl groups excluding tert-OH is 1. The molecule has 2 aliphatic heterocycles. The van der Waals surface area contributed by atoms with Gasteiger partial charge < -0.3 is 14.7 Å². The molecule has 25 heavy (non-hydrogen) atoms. The highest BCUT2D eigenvalue weighted by molar-refractivity contribution is 5.67. The number of likely N-dealkylation sites (tertiary alicyclic amines) is 2. The minimum Gasteiger partial charge on any atom is -0.445 e. The van der Waals surface area contributed by atoms with Crippen LogP contribution < -0.4 is 0 Å². The van der Waals surface area contributed by atoms with Crippen molar-refractivity contribution in [3.8, 4) is 0 Å². The Morgan fingerprint density at radius 1 is 1.16 bits per heavy atom. The third-order valence-electron chi connectivity index (χ3n) is 5.04. The minimum atomic E-state index is -3.05. The molecule has 1 amide bonds. The summed E-state index contributed by atoms with van der Waals surface area (Å²) in [6, 6.07) is 9.49. The van der Waals surface area contributed by atoms with Gasteiger partial charge >= 0.3 is 6.09 Å². The van der Waals surface area contributed by atoms with Crippen LogP contribution in [0.1, 0.15) is 24.8 Å². The fraction of sp³-hybridized carbons (Fsp3) is 0.611. The number of rotatable bonds is 3. The molecule has 2 heterocycles. The summed E-state index contributed by atoms with van der Waals surface area (Å²) in [4.78, 5) is 15.5. The Bertz CT molecular complexity index is 577. The number of hydrogen-bond acceptors (Lipinski definition) is 4. The monoisotopic (exact) mass is 354 g/mol. The Labute approximate surface area is 146 Å². The van der Waals surface area contributed by atoms with Crippen molar-refractivity contribution in [3.05, 3.63) is 35.9 Å². The quantitative estimate of drug-likeness (QED) is 0.906. The molecule has 0 spiro atoms. The first-order chi connectivity index (χ1) is 12.0. The van der Waals surface area contributed by atoms with Gasteiger partial charge in [0.05, 0.1) is 6.54 Å². The number of ether oxygens (including phenoxy) is 1. The predicted molar refractivity (Wildman–Crippen MR) is 88.4 cm³/mol. The van der Waals surface area contributed by atoms with E-state index in [1.807, 2.05) is 30.3 Å². The first-order valence-corrected chi connectivity index (χ1v) is 8.71. The lowest BCUT2D eigenvalue weighted by Gasteiger charge is -2.43. The number of alkyl halides is 2. The van der Waals surface area contributed by atoms with E-state index in [9.17, 15) is 18.7 Å². The van der Waals surface area contributed by atoms with Crippen molar-refractivity contribution in [3.63, 3.8) is 0 Å². The van der Waals surface area contributed by atoms with E-state index in [0.717, 1.165) is 5.56 Å². The SMILES string of the molecule is O=C(OCc1ccccc1)N1CCC(N2CCC(O)C(F)(F)C2)CC1. The topological polar surface area (TPSA) is 53.0 Å². The van der Waals surface area contributed by atoms with Crippen molar-refractivity contribution in [2.75, 3.05) is 26.2 Å². The van der Waals surface area contributed by atoms with Crippen molar-refractivity contribution in [1.29, 1.82) is 0 Å². The van der Waals surface area contributed by atoms with E-state index >= 15 is 0 Å². The van der Waals surface area contributed by atoms with Gasteiger partial charge in [-0.1, -0.05) is 30.3 Å². The Kier molecular flexibility index (Phi) is 5.54. The number of halogens is 2. The zero-order chi connectivity index (χ0) is 17.9. The number of nitrogens with zero attached hydrogens (tertiary/aromatic N) is 2. The summed E-state index contributed by atoms with van der Waals surface area (Å²) in [6.07, 6.45) is -0.524. The summed E-state index contributed by atoms with van der Waals surface area (Å²) >= 11 is 0.